The number of hydrogen-bond acceptors (Lipinski definition) is 9. The first-order valence-corrected chi connectivity index (χ1v) is 18.0. The van der Waals surface area contributed by atoms with E-state index in [9.17, 15) is 16.8 Å². The number of aryl methyl sites for hydroxylation is 2. The smallest absolute Gasteiger partial charge is 0.280 e. The van der Waals surface area contributed by atoms with Gasteiger partial charge in [0.25, 0.3) is 25.9 Å². The van der Waals surface area contributed by atoms with Crippen LogP contribution in [0, 0.1) is 13.8 Å². The lowest BCUT2D eigenvalue weighted by Crippen LogP contribution is -2.37. The van der Waals surface area contributed by atoms with Crippen LogP contribution in [0.3, 0.4) is 0 Å². The van der Waals surface area contributed by atoms with Gasteiger partial charge in [0.1, 0.15) is 8.95 Å². The zero-order chi connectivity index (χ0) is 33.1. The molecule has 6 rings (SSSR count). The minimum atomic E-state index is -4.65. The van der Waals surface area contributed by atoms with Crippen molar-refractivity contribution in [3.63, 3.8) is 0 Å². The Morgan fingerprint density at radius 2 is 0.935 bits per heavy atom. The van der Waals surface area contributed by atoms with E-state index in [1.54, 1.807) is 31.2 Å². The van der Waals surface area contributed by atoms with Crippen LogP contribution in [0.4, 0.5) is 11.8 Å². The molecule has 0 saturated heterocycles. The normalized spacial score (nSPS) is 11.5. The van der Waals surface area contributed by atoms with Crippen molar-refractivity contribution in [2.75, 3.05) is 9.44 Å². The Hall–Kier alpha value is -4.24. The Labute approximate surface area is 283 Å². The molecule has 0 fully saturated rings. The van der Waals surface area contributed by atoms with E-state index in [1.165, 1.54) is 24.3 Å². The topological polar surface area (TPSA) is 150 Å². The lowest BCUT2D eigenvalue weighted by molar-refractivity contribution is 0.424. The molecule has 0 bridgehead atoms. The molecule has 46 heavy (non-hydrogen) atoms. The quantitative estimate of drug-likeness (QED) is 0.170. The van der Waals surface area contributed by atoms with Crippen molar-refractivity contribution in [1.29, 1.82) is 0 Å². The van der Waals surface area contributed by atoms with E-state index in [1.807, 2.05) is 67.6 Å². The van der Waals surface area contributed by atoms with Gasteiger partial charge < -0.3 is 14.8 Å². The van der Waals surface area contributed by atoms with E-state index in [-0.39, 0.29) is 14.3 Å². The van der Waals surface area contributed by atoms with Crippen molar-refractivity contribution < 1.29 is 25.9 Å². The third-order valence-electron chi connectivity index (χ3n) is 6.71. The summed E-state index contributed by atoms with van der Waals surface area (Å²) in [4.78, 5) is -0.440. The van der Waals surface area contributed by atoms with Gasteiger partial charge in [-0.1, -0.05) is 95.2 Å². The van der Waals surface area contributed by atoms with Crippen molar-refractivity contribution in [3.8, 4) is 22.3 Å². The number of benzene rings is 4. The number of nitrogens with zero attached hydrogens (tertiary/aromatic N) is 3. The third kappa shape index (κ3) is 6.79. The highest BCUT2D eigenvalue weighted by atomic mass is 79.9. The van der Waals surface area contributed by atoms with Gasteiger partial charge in [0, 0.05) is 0 Å². The van der Waals surface area contributed by atoms with Crippen LogP contribution >= 0.6 is 31.9 Å². The number of nitrogen functional groups attached to an aromatic ring is 1. The standard InChI is InChI=1S/C28H21BrN2O5S2.C4H5BrN2O/c1-20-27(29)28(36-30-20)31(37(32,33)25-16-12-23(13-17-25)21-8-4-2-5-9-21)38(34,35)26-18-14-24(15-19-26)22-10-6-3-7-11-22;1-2-3(5)4(6)8-7-2/h2-19H,1H3;6H2,1H3. The van der Waals surface area contributed by atoms with Gasteiger partial charge in [-0.2, -0.15) is 16.8 Å². The van der Waals surface area contributed by atoms with Gasteiger partial charge in [-0.05, 0) is 92.2 Å². The molecule has 10 nitrogen and oxygen atoms in total. The average Bonchev–Trinajstić information content (AvgIpc) is 3.55. The Kier molecular flexibility index (Phi) is 9.82. The molecule has 0 amide bonds. The van der Waals surface area contributed by atoms with Gasteiger partial charge in [0.2, 0.25) is 5.88 Å². The summed E-state index contributed by atoms with van der Waals surface area (Å²) in [6.45, 7) is 3.38. The van der Waals surface area contributed by atoms with E-state index in [0.29, 0.717) is 15.3 Å². The van der Waals surface area contributed by atoms with E-state index in [0.717, 1.165) is 32.4 Å². The summed E-state index contributed by atoms with van der Waals surface area (Å²) in [5, 5.41) is 7.34. The number of nitrogens with two attached hydrogens (primary N) is 1. The molecule has 2 heterocycles. The summed E-state index contributed by atoms with van der Waals surface area (Å²) in [5.74, 6) is -0.121. The molecular formula is C32H26Br2N4O6S2. The first kappa shape index (κ1) is 33.1. The lowest BCUT2D eigenvalue weighted by Gasteiger charge is -2.22. The van der Waals surface area contributed by atoms with Gasteiger partial charge >= 0.3 is 0 Å². The van der Waals surface area contributed by atoms with Crippen molar-refractivity contribution in [1.82, 2.24) is 10.3 Å². The monoisotopic (exact) mass is 784 g/mol. The molecule has 0 aliphatic carbocycles. The van der Waals surface area contributed by atoms with Crippen molar-refractivity contribution in [2.24, 2.45) is 0 Å². The van der Waals surface area contributed by atoms with E-state index >= 15 is 0 Å². The summed E-state index contributed by atoms with van der Waals surface area (Å²) < 4.78 is 66.5. The predicted molar refractivity (Wildman–Crippen MR) is 183 cm³/mol. The minimum absolute atomic E-state index is 0.117. The lowest BCUT2D eigenvalue weighted by atomic mass is 10.1. The van der Waals surface area contributed by atoms with Crippen LogP contribution in [0.25, 0.3) is 22.3 Å². The molecule has 2 N–H and O–H groups in total. The summed E-state index contributed by atoms with van der Waals surface area (Å²) >= 11 is 6.41. The van der Waals surface area contributed by atoms with Gasteiger partial charge in [-0.15, -0.1) is 3.71 Å². The molecule has 4 aromatic carbocycles. The molecule has 0 aliphatic heterocycles. The van der Waals surface area contributed by atoms with Crippen LogP contribution in [0.1, 0.15) is 11.4 Å². The van der Waals surface area contributed by atoms with Crippen LogP contribution in [-0.4, -0.2) is 27.1 Å². The van der Waals surface area contributed by atoms with Gasteiger partial charge in [0.15, 0.2) is 0 Å². The molecule has 0 aliphatic rings. The van der Waals surface area contributed by atoms with Crippen LogP contribution in [-0.2, 0) is 20.0 Å². The predicted octanol–water partition coefficient (Wildman–Crippen LogP) is 7.99. The number of aromatic nitrogens is 2. The van der Waals surface area contributed by atoms with Crippen LogP contribution in [0.15, 0.2) is 137 Å². The van der Waals surface area contributed by atoms with Crippen molar-refractivity contribution in [2.45, 2.75) is 23.6 Å². The number of hydrogen-bond donors (Lipinski definition) is 1. The fourth-order valence-electron chi connectivity index (χ4n) is 4.28. The fourth-order valence-corrected chi connectivity index (χ4v) is 8.56. The zero-order valence-electron chi connectivity index (χ0n) is 24.3. The van der Waals surface area contributed by atoms with Crippen LogP contribution in [0.2, 0.25) is 0 Å². The Morgan fingerprint density at radius 3 is 1.24 bits per heavy atom. The molecule has 0 unspecified atom stereocenters. The third-order valence-corrected chi connectivity index (χ3v) is 12.7. The van der Waals surface area contributed by atoms with E-state index < -0.39 is 25.9 Å². The summed E-state index contributed by atoms with van der Waals surface area (Å²) in [5.41, 5.74) is 9.71. The van der Waals surface area contributed by atoms with Gasteiger partial charge in [-0.25, -0.2) is 0 Å². The van der Waals surface area contributed by atoms with Crippen molar-refractivity contribution in [3.05, 3.63) is 130 Å². The van der Waals surface area contributed by atoms with E-state index in [2.05, 4.69) is 46.7 Å². The highest BCUT2D eigenvalue weighted by molar-refractivity contribution is 9.11. The highest BCUT2D eigenvalue weighted by Gasteiger charge is 2.41. The first-order chi connectivity index (χ1) is 21.9. The summed E-state index contributed by atoms with van der Waals surface area (Å²) in [6.07, 6.45) is 0. The maximum Gasteiger partial charge on any atom is 0.280 e. The number of anilines is 2. The Balaban J connectivity index is 0.000000455. The molecule has 14 heteroatoms. The molecule has 6 aromatic rings. The second-order valence-corrected chi connectivity index (χ2v) is 15.2. The molecule has 0 atom stereocenters. The Bertz CT molecular complexity index is 2040. The number of sulfonamides is 2. The van der Waals surface area contributed by atoms with Gasteiger partial charge in [0.05, 0.1) is 21.2 Å². The second kappa shape index (κ2) is 13.6. The molecule has 0 spiro atoms. The molecule has 236 valence electrons. The second-order valence-electron chi connectivity index (χ2n) is 9.82. The van der Waals surface area contributed by atoms with E-state index in [4.69, 9.17) is 10.3 Å². The highest BCUT2D eigenvalue weighted by Crippen LogP contribution is 2.38. The Morgan fingerprint density at radius 1 is 0.565 bits per heavy atom. The maximum atomic E-state index is 13.9. The van der Waals surface area contributed by atoms with Crippen LogP contribution in [0.5, 0.6) is 0 Å². The minimum Gasteiger partial charge on any atom is -0.367 e. The maximum absolute atomic E-state index is 13.9. The molecule has 2 aromatic heterocycles. The fraction of sp³-hybridized carbons (Fsp3) is 0.0625. The SMILES string of the molecule is Cc1noc(N(S(=O)(=O)c2ccc(-c3ccccc3)cc2)S(=O)(=O)c2ccc(-c3ccccc3)cc2)c1Br.Cc1noc(N)c1Br. The zero-order valence-corrected chi connectivity index (χ0v) is 29.1. The molecule has 0 saturated carbocycles. The summed E-state index contributed by atoms with van der Waals surface area (Å²) in [6, 6.07) is 30.9. The molecule has 0 radical (unpaired) electrons. The largest absolute Gasteiger partial charge is 0.367 e. The van der Waals surface area contributed by atoms with Gasteiger partial charge in [-0.3, -0.25) is 0 Å². The number of rotatable bonds is 7. The molecular weight excluding hydrogens is 760 g/mol. The average molecular weight is 787 g/mol. The van der Waals surface area contributed by atoms with Crippen LogP contribution < -0.4 is 9.44 Å². The first-order valence-electron chi connectivity index (χ1n) is 13.5. The summed E-state index contributed by atoms with van der Waals surface area (Å²) in [7, 11) is -9.30. The van der Waals surface area contributed by atoms with Crippen molar-refractivity contribution >= 4 is 63.7 Å². The number of halogens is 2.